The second-order valence-electron chi connectivity index (χ2n) is 4.82. The van der Waals surface area contributed by atoms with Gasteiger partial charge in [-0.05, 0) is 48.0 Å². The summed E-state index contributed by atoms with van der Waals surface area (Å²) in [5.74, 6) is -1.79. The van der Waals surface area contributed by atoms with Crippen molar-refractivity contribution >= 4 is 17.8 Å². The van der Waals surface area contributed by atoms with Crippen LogP contribution in [0, 0.1) is 5.82 Å². The lowest BCUT2D eigenvalue weighted by atomic mass is 10.1. The third-order valence-electron chi connectivity index (χ3n) is 3.01. The van der Waals surface area contributed by atoms with Crippen LogP contribution in [0.15, 0.2) is 54.6 Å². The van der Waals surface area contributed by atoms with Gasteiger partial charge in [0, 0.05) is 11.6 Å². The number of alkyl halides is 2. The smallest absolute Gasteiger partial charge is 0.387 e. The van der Waals surface area contributed by atoms with Crippen LogP contribution in [0.4, 0.5) is 13.2 Å². The first-order valence-corrected chi connectivity index (χ1v) is 7.12. The van der Waals surface area contributed by atoms with Gasteiger partial charge in [0.25, 0.3) is 0 Å². The van der Waals surface area contributed by atoms with Crippen LogP contribution in [0.3, 0.4) is 0 Å². The van der Waals surface area contributed by atoms with E-state index in [9.17, 15) is 22.8 Å². The van der Waals surface area contributed by atoms with Gasteiger partial charge in [-0.3, -0.25) is 4.79 Å². The molecule has 0 atom stereocenters. The van der Waals surface area contributed by atoms with Crippen LogP contribution >= 0.6 is 0 Å². The van der Waals surface area contributed by atoms with Gasteiger partial charge in [0.1, 0.15) is 11.6 Å². The first-order valence-electron chi connectivity index (χ1n) is 7.12. The zero-order valence-corrected chi connectivity index (χ0v) is 12.8. The lowest BCUT2D eigenvalue weighted by Crippen LogP contribution is -2.12. The Morgan fingerprint density at radius 3 is 2.44 bits per heavy atom. The lowest BCUT2D eigenvalue weighted by molar-refractivity contribution is -0.136. The average molecular weight is 350 g/mol. The topological polar surface area (TPSA) is 52.6 Å². The number of ether oxygens (including phenoxy) is 2. The van der Waals surface area contributed by atoms with Crippen molar-refractivity contribution < 1.29 is 32.2 Å². The molecule has 0 spiro atoms. The van der Waals surface area contributed by atoms with Crippen LogP contribution in [0.2, 0.25) is 0 Å². The number of carbonyl (C=O) groups excluding carboxylic acids is 2. The summed E-state index contributed by atoms with van der Waals surface area (Å²) >= 11 is 0. The second kappa shape index (κ2) is 8.68. The Labute approximate surface area is 141 Å². The molecule has 0 radical (unpaired) electrons. The summed E-state index contributed by atoms with van der Waals surface area (Å²) in [4.78, 5) is 23.4. The molecule has 2 aromatic carbocycles. The molecule has 0 N–H and O–H groups in total. The van der Waals surface area contributed by atoms with Gasteiger partial charge in [-0.25, -0.2) is 9.18 Å². The molecule has 0 unspecified atom stereocenters. The van der Waals surface area contributed by atoms with Gasteiger partial charge in [0.15, 0.2) is 12.4 Å². The van der Waals surface area contributed by atoms with E-state index in [1.807, 2.05) is 0 Å². The standard InChI is InChI=1S/C18H13F3O4/c19-14-3-1-2-12(10-14)4-9-17(23)24-11-16(22)13-5-7-15(8-6-13)25-18(20)21/h1-10,18H,11H2. The fourth-order valence-corrected chi connectivity index (χ4v) is 1.86. The molecule has 0 aromatic heterocycles. The zero-order chi connectivity index (χ0) is 18.2. The van der Waals surface area contributed by atoms with Crippen molar-refractivity contribution in [1.29, 1.82) is 0 Å². The predicted octanol–water partition coefficient (Wildman–Crippen LogP) is 3.87. The molecule has 0 fully saturated rings. The molecule has 0 heterocycles. The van der Waals surface area contributed by atoms with E-state index in [0.717, 1.165) is 6.08 Å². The summed E-state index contributed by atoms with van der Waals surface area (Å²) in [5, 5.41) is 0. The van der Waals surface area contributed by atoms with Crippen LogP contribution in [0.1, 0.15) is 15.9 Å². The van der Waals surface area contributed by atoms with Crippen LogP contribution in [0.5, 0.6) is 5.75 Å². The molecule has 4 nitrogen and oxygen atoms in total. The van der Waals surface area contributed by atoms with Crippen LogP contribution in [-0.4, -0.2) is 25.0 Å². The van der Waals surface area contributed by atoms with Crippen LogP contribution in [-0.2, 0) is 9.53 Å². The normalized spacial score (nSPS) is 10.9. The van der Waals surface area contributed by atoms with Crippen molar-refractivity contribution in [2.45, 2.75) is 6.61 Å². The Morgan fingerprint density at radius 2 is 1.80 bits per heavy atom. The number of Topliss-reactive ketones (excluding diaryl/α,β-unsaturated/α-hetero) is 1. The van der Waals surface area contributed by atoms with Gasteiger partial charge >= 0.3 is 12.6 Å². The SMILES string of the molecule is O=C(C=Cc1cccc(F)c1)OCC(=O)c1ccc(OC(F)F)cc1. The Hall–Kier alpha value is -3.09. The molecule has 7 heteroatoms. The van der Waals surface area contributed by atoms with Gasteiger partial charge < -0.3 is 9.47 Å². The van der Waals surface area contributed by atoms with E-state index in [1.165, 1.54) is 48.5 Å². The van der Waals surface area contributed by atoms with Crippen molar-refractivity contribution in [2.75, 3.05) is 6.61 Å². The van der Waals surface area contributed by atoms with Crippen molar-refractivity contribution in [3.05, 3.63) is 71.6 Å². The molecular formula is C18H13F3O4. The van der Waals surface area contributed by atoms with Crippen LogP contribution < -0.4 is 4.74 Å². The molecule has 2 rings (SSSR count). The van der Waals surface area contributed by atoms with E-state index < -0.39 is 30.8 Å². The lowest BCUT2D eigenvalue weighted by Gasteiger charge is -2.05. The fraction of sp³-hybridized carbons (Fsp3) is 0.111. The maximum Gasteiger partial charge on any atom is 0.387 e. The molecule has 130 valence electrons. The molecule has 0 saturated carbocycles. The Morgan fingerprint density at radius 1 is 1.08 bits per heavy atom. The highest BCUT2D eigenvalue weighted by molar-refractivity contribution is 5.99. The molecule has 0 aliphatic heterocycles. The molecular weight excluding hydrogens is 337 g/mol. The number of rotatable bonds is 7. The monoisotopic (exact) mass is 350 g/mol. The number of hydrogen-bond donors (Lipinski definition) is 0. The maximum absolute atomic E-state index is 13.0. The highest BCUT2D eigenvalue weighted by Crippen LogP contribution is 2.15. The third kappa shape index (κ3) is 6.14. The van der Waals surface area contributed by atoms with Gasteiger partial charge in [-0.1, -0.05) is 12.1 Å². The number of esters is 1. The van der Waals surface area contributed by atoms with Crippen molar-refractivity contribution in [3.8, 4) is 5.75 Å². The van der Waals surface area contributed by atoms with E-state index in [-0.39, 0.29) is 11.3 Å². The molecule has 2 aromatic rings. The van der Waals surface area contributed by atoms with E-state index in [0.29, 0.717) is 5.56 Å². The number of ketones is 1. The van der Waals surface area contributed by atoms with Gasteiger partial charge in [-0.15, -0.1) is 0 Å². The highest BCUT2D eigenvalue weighted by Gasteiger charge is 2.10. The molecule has 0 aliphatic carbocycles. The Bertz CT molecular complexity index is 770. The van der Waals surface area contributed by atoms with Gasteiger partial charge in [-0.2, -0.15) is 8.78 Å². The van der Waals surface area contributed by atoms with Crippen molar-refractivity contribution in [2.24, 2.45) is 0 Å². The first-order chi connectivity index (χ1) is 11.9. The molecule has 25 heavy (non-hydrogen) atoms. The third-order valence-corrected chi connectivity index (χ3v) is 3.01. The quantitative estimate of drug-likeness (QED) is 0.432. The molecule has 0 saturated heterocycles. The highest BCUT2D eigenvalue weighted by atomic mass is 19.3. The minimum absolute atomic E-state index is 0.0819. The molecule has 0 aliphatic rings. The van der Waals surface area contributed by atoms with Crippen molar-refractivity contribution in [1.82, 2.24) is 0 Å². The van der Waals surface area contributed by atoms with Crippen molar-refractivity contribution in [3.63, 3.8) is 0 Å². The zero-order valence-electron chi connectivity index (χ0n) is 12.8. The summed E-state index contributed by atoms with van der Waals surface area (Å²) in [6.45, 7) is -3.46. The average Bonchev–Trinajstić information content (AvgIpc) is 2.58. The number of hydrogen-bond acceptors (Lipinski definition) is 4. The number of carbonyl (C=O) groups is 2. The minimum Gasteiger partial charge on any atom is -0.454 e. The Balaban J connectivity index is 1.85. The first kappa shape index (κ1) is 18.3. The molecule has 0 bridgehead atoms. The largest absolute Gasteiger partial charge is 0.454 e. The van der Waals surface area contributed by atoms with E-state index >= 15 is 0 Å². The molecule has 0 amide bonds. The summed E-state index contributed by atoms with van der Waals surface area (Å²) in [7, 11) is 0. The summed E-state index contributed by atoms with van der Waals surface area (Å²) in [6.07, 6.45) is 2.42. The van der Waals surface area contributed by atoms with E-state index in [4.69, 9.17) is 4.74 Å². The minimum atomic E-state index is -2.95. The predicted molar refractivity (Wildman–Crippen MR) is 83.8 cm³/mol. The summed E-state index contributed by atoms with van der Waals surface area (Å²) in [6, 6.07) is 10.6. The number of benzene rings is 2. The van der Waals surface area contributed by atoms with Gasteiger partial charge in [0.2, 0.25) is 0 Å². The fourth-order valence-electron chi connectivity index (χ4n) is 1.86. The summed E-state index contributed by atoms with van der Waals surface area (Å²) in [5.41, 5.74) is 0.654. The van der Waals surface area contributed by atoms with Gasteiger partial charge in [0.05, 0.1) is 0 Å². The van der Waals surface area contributed by atoms with Crippen LogP contribution in [0.25, 0.3) is 6.08 Å². The number of halogens is 3. The van der Waals surface area contributed by atoms with E-state index in [1.54, 1.807) is 6.07 Å². The summed E-state index contributed by atoms with van der Waals surface area (Å²) < 4.78 is 46.0. The second-order valence-corrected chi connectivity index (χ2v) is 4.82. The van der Waals surface area contributed by atoms with E-state index in [2.05, 4.69) is 4.74 Å². The Kier molecular flexibility index (Phi) is 6.33. The maximum atomic E-state index is 13.0.